The van der Waals surface area contributed by atoms with Gasteiger partial charge in [-0.05, 0) is 60.3 Å². The zero-order valence-corrected chi connectivity index (χ0v) is 17.9. The molecule has 1 saturated heterocycles. The Labute approximate surface area is 160 Å². The highest BCUT2D eigenvalue weighted by Gasteiger charge is 2.24. The lowest BCUT2D eigenvalue weighted by molar-refractivity contribution is -0.907. The van der Waals surface area contributed by atoms with Gasteiger partial charge < -0.3 is 9.64 Å². The molecule has 1 atom stereocenters. The highest BCUT2D eigenvalue weighted by Crippen LogP contribution is 2.30. The summed E-state index contributed by atoms with van der Waals surface area (Å²) in [4.78, 5) is 14.4. The molecule has 3 heteroatoms. The normalized spacial score (nSPS) is 17.8. The molecule has 1 aliphatic heterocycles. The average molecular weight is 361 g/mol. The summed E-state index contributed by atoms with van der Waals surface area (Å²) in [5, 5.41) is 0. The Morgan fingerprint density at radius 1 is 0.962 bits per heavy atom. The van der Waals surface area contributed by atoms with E-state index in [1.807, 2.05) is 19.1 Å². The van der Waals surface area contributed by atoms with Crippen LogP contribution in [0.5, 0.6) is 0 Å². The van der Waals surface area contributed by atoms with Gasteiger partial charge in [0.05, 0.1) is 18.7 Å². The van der Waals surface area contributed by atoms with Gasteiger partial charge in [0.15, 0.2) is 0 Å². The Bertz CT molecular complexity index is 584. The minimum atomic E-state index is -0.189. The van der Waals surface area contributed by atoms with Gasteiger partial charge in [-0.1, -0.05) is 47.6 Å². The highest BCUT2D eigenvalue weighted by molar-refractivity contribution is 5.90. The van der Waals surface area contributed by atoms with Gasteiger partial charge in [-0.2, -0.15) is 0 Å². The maximum absolute atomic E-state index is 12.8. The predicted octanol–water partition coefficient (Wildman–Crippen LogP) is 3.90. The lowest BCUT2D eigenvalue weighted by Gasteiger charge is -2.27. The molecule has 0 unspecified atom stereocenters. The third kappa shape index (κ3) is 5.84. The molecule has 1 aromatic carbocycles. The number of quaternary nitrogens is 1. The molecule has 0 radical (unpaired) electrons. The van der Waals surface area contributed by atoms with Crippen LogP contribution in [0.2, 0.25) is 0 Å². The van der Waals surface area contributed by atoms with Crippen LogP contribution in [0.25, 0.3) is 0 Å². The number of hydrogen-bond donors (Lipinski definition) is 1. The van der Waals surface area contributed by atoms with Crippen LogP contribution < -0.4 is 4.90 Å². The highest BCUT2D eigenvalue weighted by atomic mass is 16.5. The van der Waals surface area contributed by atoms with Crippen LogP contribution in [0.1, 0.15) is 89.2 Å². The summed E-state index contributed by atoms with van der Waals surface area (Å²) in [6, 6.07) is 6.26. The van der Waals surface area contributed by atoms with Crippen LogP contribution in [-0.4, -0.2) is 31.7 Å². The summed E-state index contributed by atoms with van der Waals surface area (Å²) >= 11 is 0. The fraction of sp³-hybridized carbons (Fsp3) is 0.696. The molecule has 1 fully saturated rings. The van der Waals surface area contributed by atoms with Crippen molar-refractivity contribution in [3.63, 3.8) is 0 Å². The quantitative estimate of drug-likeness (QED) is 0.826. The Morgan fingerprint density at radius 2 is 1.46 bits per heavy atom. The maximum Gasteiger partial charge on any atom is 0.338 e. The lowest BCUT2D eigenvalue weighted by Crippen LogP contribution is -3.13. The molecule has 26 heavy (non-hydrogen) atoms. The third-order valence-corrected chi connectivity index (χ3v) is 5.35. The lowest BCUT2D eigenvalue weighted by atomic mass is 9.79. The topological polar surface area (TPSA) is 30.7 Å². The van der Waals surface area contributed by atoms with Crippen molar-refractivity contribution in [3.8, 4) is 0 Å². The average Bonchev–Trinajstić information content (AvgIpc) is 2.53. The van der Waals surface area contributed by atoms with E-state index in [1.165, 1.54) is 43.5 Å². The van der Waals surface area contributed by atoms with Crippen molar-refractivity contribution in [2.75, 3.05) is 19.6 Å². The van der Waals surface area contributed by atoms with Crippen molar-refractivity contribution in [2.24, 2.45) is 0 Å². The summed E-state index contributed by atoms with van der Waals surface area (Å²) < 4.78 is 5.81. The van der Waals surface area contributed by atoms with Crippen LogP contribution >= 0.6 is 0 Å². The van der Waals surface area contributed by atoms with Crippen molar-refractivity contribution < 1.29 is 14.4 Å². The first kappa shape index (κ1) is 21.0. The van der Waals surface area contributed by atoms with Crippen molar-refractivity contribution in [1.82, 2.24) is 0 Å². The molecule has 2 rings (SSSR count). The first-order chi connectivity index (χ1) is 12.0. The fourth-order valence-corrected chi connectivity index (χ4v) is 3.57. The zero-order chi connectivity index (χ0) is 19.5. The van der Waals surface area contributed by atoms with Crippen LogP contribution in [-0.2, 0) is 15.6 Å². The summed E-state index contributed by atoms with van der Waals surface area (Å²) in [5.41, 5.74) is 3.06. The van der Waals surface area contributed by atoms with Gasteiger partial charge in [-0.25, -0.2) is 4.79 Å². The van der Waals surface area contributed by atoms with E-state index in [1.54, 1.807) is 4.90 Å². The molecule has 0 aliphatic carbocycles. The van der Waals surface area contributed by atoms with Gasteiger partial charge in [-0.3, -0.25) is 0 Å². The monoisotopic (exact) mass is 360 g/mol. The molecule has 3 nitrogen and oxygen atoms in total. The van der Waals surface area contributed by atoms with Gasteiger partial charge in [0.25, 0.3) is 0 Å². The van der Waals surface area contributed by atoms with Crippen LogP contribution in [0, 0.1) is 0 Å². The molecule has 1 heterocycles. The van der Waals surface area contributed by atoms with Crippen molar-refractivity contribution in [1.29, 1.82) is 0 Å². The van der Waals surface area contributed by atoms with E-state index in [2.05, 4.69) is 47.6 Å². The van der Waals surface area contributed by atoms with E-state index in [0.29, 0.717) is 5.56 Å². The standard InChI is InChI=1S/C23H37NO2/c1-17(16-24-11-9-8-10-12-24)26-21(25)18-13-19(22(2,3)4)15-20(14-18)23(5,6)7/h13-15,17H,8-12,16H2,1-7H3/p+1/t17-/m0/s1. The van der Waals surface area contributed by atoms with Gasteiger partial charge in [-0.15, -0.1) is 0 Å². The molecule has 0 saturated carbocycles. The Hall–Kier alpha value is -1.35. The molecule has 1 aromatic rings. The SMILES string of the molecule is C[C@@H](C[NH+]1CCCCC1)OC(=O)c1cc(C(C)(C)C)cc(C(C)(C)C)c1. The predicted molar refractivity (Wildman–Crippen MR) is 108 cm³/mol. The second kappa shape index (κ2) is 8.12. The first-order valence-electron chi connectivity index (χ1n) is 10.2. The number of benzene rings is 1. The number of carbonyl (C=O) groups excluding carboxylic acids is 1. The van der Waals surface area contributed by atoms with Gasteiger partial charge in [0.1, 0.15) is 12.6 Å². The minimum Gasteiger partial charge on any atom is -0.453 e. The number of ether oxygens (including phenoxy) is 1. The molecule has 1 N–H and O–H groups in total. The summed E-state index contributed by atoms with van der Waals surface area (Å²) in [6.07, 6.45) is 3.87. The van der Waals surface area contributed by atoms with Crippen molar-refractivity contribution in [2.45, 2.75) is 84.7 Å². The largest absolute Gasteiger partial charge is 0.453 e. The van der Waals surface area contributed by atoms with E-state index in [-0.39, 0.29) is 22.9 Å². The van der Waals surface area contributed by atoms with E-state index in [4.69, 9.17) is 4.74 Å². The van der Waals surface area contributed by atoms with Gasteiger partial charge in [0, 0.05) is 0 Å². The molecular weight excluding hydrogens is 322 g/mol. The van der Waals surface area contributed by atoms with Crippen molar-refractivity contribution in [3.05, 3.63) is 34.9 Å². The Morgan fingerprint density at radius 3 is 1.92 bits per heavy atom. The fourth-order valence-electron chi connectivity index (χ4n) is 3.57. The molecule has 0 spiro atoms. The van der Waals surface area contributed by atoms with Crippen LogP contribution in [0.4, 0.5) is 0 Å². The van der Waals surface area contributed by atoms with Gasteiger partial charge in [0.2, 0.25) is 0 Å². The second-order valence-electron chi connectivity index (χ2n) is 10.0. The molecule has 0 aromatic heterocycles. The Kier molecular flexibility index (Phi) is 6.55. The zero-order valence-electron chi connectivity index (χ0n) is 17.9. The number of piperidine rings is 1. The molecule has 0 amide bonds. The smallest absolute Gasteiger partial charge is 0.338 e. The molecule has 146 valence electrons. The summed E-state index contributed by atoms with van der Waals surface area (Å²) in [7, 11) is 0. The number of rotatable bonds is 4. The number of likely N-dealkylation sites (tertiary alicyclic amines) is 1. The minimum absolute atomic E-state index is 0.000144. The molecular formula is C23H38NO2+. The third-order valence-electron chi connectivity index (χ3n) is 5.35. The summed E-state index contributed by atoms with van der Waals surface area (Å²) in [6.45, 7) is 18.5. The Balaban J connectivity index is 2.16. The van der Waals surface area contributed by atoms with E-state index in [9.17, 15) is 4.79 Å². The van der Waals surface area contributed by atoms with E-state index in [0.717, 1.165) is 6.54 Å². The number of nitrogens with one attached hydrogen (secondary N) is 1. The van der Waals surface area contributed by atoms with Crippen LogP contribution in [0.15, 0.2) is 18.2 Å². The molecule has 1 aliphatic rings. The number of esters is 1. The van der Waals surface area contributed by atoms with E-state index < -0.39 is 0 Å². The number of carbonyl (C=O) groups is 1. The first-order valence-corrected chi connectivity index (χ1v) is 10.2. The van der Waals surface area contributed by atoms with Crippen molar-refractivity contribution >= 4 is 5.97 Å². The number of hydrogen-bond acceptors (Lipinski definition) is 2. The van der Waals surface area contributed by atoms with Gasteiger partial charge >= 0.3 is 5.97 Å². The maximum atomic E-state index is 12.8. The van der Waals surface area contributed by atoms with Crippen LogP contribution in [0.3, 0.4) is 0 Å². The second-order valence-corrected chi connectivity index (χ2v) is 10.0. The summed E-state index contributed by atoms with van der Waals surface area (Å²) in [5.74, 6) is -0.189. The van der Waals surface area contributed by atoms with E-state index >= 15 is 0 Å². The molecule has 0 bridgehead atoms.